The highest BCUT2D eigenvalue weighted by molar-refractivity contribution is 7.98. The van der Waals surface area contributed by atoms with Crippen molar-refractivity contribution in [2.45, 2.75) is 24.9 Å². The van der Waals surface area contributed by atoms with Crippen LogP contribution in [-0.4, -0.2) is 15.3 Å². The largest absolute Gasteiger partial charge is 0.360 e. The van der Waals surface area contributed by atoms with Crippen molar-refractivity contribution in [3.63, 3.8) is 0 Å². The van der Waals surface area contributed by atoms with E-state index in [1.807, 2.05) is 50.2 Å². The molecule has 5 nitrogen and oxygen atoms in total. The molecule has 0 unspecified atom stereocenters. The Morgan fingerprint density at radius 2 is 1.95 bits per heavy atom. The maximum atomic E-state index is 5.35. The molecule has 2 heterocycles. The van der Waals surface area contributed by atoms with Crippen molar-refractivity contribution >= 4 is 11.8 Å². The third-order valence-electron chi connectivity index (χ3n) is 2.97. The number of hydrogen-bond donors (Lipinski definition) is 0. The Kier molecular flexibility index (Phi) is 4.06. The number of aryl methyl sites for hydroxylation is 1. The summed E-state index contributed by atoms with van der Waals surface area (Å²) >= 11 is 1.67. The highest BCUT2D eigenvalue weighted by Gasteiger charge is 2.16. The lowest BCUT2D eigenvalue weighted by molar-refractivity contribution is 0.379. The first-order valence-electron chi connectivity index (χ1n) is 6.65. The lowest BCUT2D eigenvalue weighted by Crippen LogP contribution is -1.90. The first-order chi connectivity index (χ1) is 10.2. The molecule has 6 heteroatoms. The van der Waals surface area contributed by atoms with Crippen molar-refractivity contribution < 1.29 is 9.05 Å². The predicted molar refractivity (Wildman–Crippen MR) is 80.7 cm³/mol. The second-order valence-electron chi connectivity index (χ2n) is 4.71. The molecule has 1 atom stereocenters. The van der Waals surface area contributed by atoms with Gasteiger partial charge in [-0.15, -0.1) is 11.8 Å². The van der Waals surface area contributed by atoms with E-state index in [4.69, 9.17) is 9.05 Å². The topological polar surface area (TPSA) is 65.0 Å². The Bertz CT molecular complexity index is 709. The standard InChI is InChI=1S/C15H15N3O2S/c1-10-8-13(19-17-10)9-21-11(2)15-16-14(18-20-15)12-6-4-3-5-7-12/h3-8,11H,9H2,1-2H3/t11-/m0/s1. The first kappa shape index (κ1) is 13.9. The molecule has 108 valence electrons. The van der Waals surface area contributed by atoms with Crippen molar-refractivity contribution in [1.29, 1.82) is 0 Å². The molecule has 0 saturated carbocycles. The molecule has 3 rings (SSSR count). The van der Waals surface area contributed by atoms with Crippen LogP contribution in [0.3, 0.4) is 0 Å². The van der Waals surface area contributed by atoms with E-state index in [1.54, 1.807) is 11.8 Å². The van der Waals surface area contributed by atoms with E-state index in [1.165, 1.54) is 0 Å². The van der Waals surface area contributed by atoms with Gasteiger partial charge in [-0.2, -0.15) is 4.98 Å². The quantitative estimate of drug-likeness (QED) is 0.709. The van der Waals surface area contributed by atoms with Crippen LogP contribution in [0.25, 0.3) is 11.4 Å². The number of aromatic nitrogens is 3. The van der Waals surface area contributed by atoms with Gasteiger partial charge in [-0.25, -0.2) is 0 Å². The number of nitrogens with zero attached hydrogens (tertiary/aromatic N) is 3. The minimum absolute atomic E-state index is 0.0976. The maximum Gasteiger partial charge on any atom is 0.239 e. The van der Waals surface area contributed by atoms with Crippen LogP contribution >= 0.6 is 11.8 Å². The zero-order valence-corrected chi connectivity index (χ0v) is 12.6. The van der Waals surface area contributed by atoms with Crippen LogP contribution in [0.2, 0.25) is 0 Å². The zero-order valence-electron chi connectivity index (χ0n) is 11.8. The summed E-state index contributed by atoms with van der Waals surface area (Å²) in [5, 5.41) is 8.00. The van der Waals surface area contributed by atoms with Gasteiger partial charge in [0.05, 0.1) is 16.7 Å². The van der Waals surface area contributed by atoms with Gasteiger partial charge in [0.15, 0.2) is 0 Å². The third kappa shape index (κ3) is 3.33. The minimum atomic E-state index is 0.0976. The summed E-state index contributed by atoms with van der Waals surface area (Å²) in [6.45, 7) is 3.95. The fraction of sp³-hybridized carbons (Fsp3) is 0.267. The highest BCUT2D eigenvalue weighted by Crippen LogP contribution is 2.31. The SMILES string of the molecule is Cc1cc(CS[C@@H](C)c2nc(-c3ccccc3)no2)on1. The van der Waals surface area contributed by atoms with Gasteiger partial charge < -0.3 is 9.05 Å². The molecule has 0 fully saturated rings. The van der Waals surface area contributed by atoms with Gasteiger partial charge in [-0.3, -0.25) is 0 Å². The van der Waals surface area contributed by atoms with Gasteiger partial charge in [0.1, 0.15) is 5.76 Å². The average molecular weight is 301 g/mol. The summed E-state index contributed by atoms with van der Waals surface area (Å²) in [7, 11) is 0. The van der Waals surface area contributed by atoms with Crippen molar-refractivity contribution in [3.05, 3.63) is 53.7 Å². The van der Waals surface area contributed by atoms with Crippen molar-refractivity contribution in [2.24, 2.45) is 0 Å². The molecule has 0 amide bonds. The van der Waals surface area contributed by atoms with E-state index in [0.29, 0.717) is 11.7 Å². The van der Waals surface area contributed by atoms with Crippen molar-refractivity contribution in [2.75, 3.05) is 0 Å². The van der Waals surface area contributed by atoms with Crippen LogP contribution in [0.5, 0.6) is 0 Å². The second kappa shape index (κ2) is 6.13. The van der Waals surface area contributed by atoms with Crippen LogP contribution in [-0.2, 0) is 5.75 Å². The summed E-state index contributed by atoms with van der Waals surface area (Å²) in [6, 6.07) is 11.7. The lowest BCUT2D eigenvalue weighted by Gasteiger charge is -2.03. The van der Waals surface area contributed by atoms with E-state index in [2.05, 4.69) is 15.3 Å². The van der Waals surface area contributed by atoms with E-state index in [-0.39, 0.29) is 5.25 Å². The lowest BCUT2D eigenvalue weighted by atomic mass is 10.2. The van der Waals surface area contributed by atoms with Gasteiger partial charge in [0, 0.05) is 11.6 Å². The van der Waals surface area contributed by atoms with Crippen LogP contribution < -0.4 is 0 Å². The van der Waals surface area contributed by atoms with E-state index in [0.717, 1.165) is 22.8 Å². The van der Waals surface area contributed by atoms with Gasteiger partial charge in [0.25, 0.3) is 0 Å². The molecule has 0 aliphatic rings. The molecular formula is C15H15N3O2S. The number of hydrogen-bond acceptors (Lipinski definition) is 6. The molecule has 1 aromatic carbocycles. The summed E-state index contributed by atoms with van der Waals surface area (Å²) in [4.78, 5) is 4.45. The van der Waals surface area contributed by atoms with E-state index >= 15 is 0 Å². The summed E-state index contributed by atoms with van der Waals surface area (Å²) in [5.74, 6) is 2.82. The molecule has 0 aliphatic carbocycles. The summed E-state index contributed by atoms with van der Waals surface area (Å²) in [5.41, 5.74) is 1.85. The highest BCUT2D eigenvalue weighted by atomic mass is 32.2. The number of rotatable bonds is 5. The Hall–Kier alpha value is -2.08. The maximum absolute atomic E-state index is 5.35. The van der Waals surface area contributed by atoms with Crippen LogP contribution in [0.15, 0.2) is 45.4 Å². The van der Waals surface area contributed by atoms with Gasteiger partial charge in [0.2, 0.25) is 11.7 Å². The van der Waals surface area contributed by atoms with Crippen LogP contribution in [0.4, 0.5) is 0 Å². The molecule has 0 bridgehead atoms. The molecule has 0 N–H and O–H groups in total. The average Bonchev–Trinajstić information content (AvgIpc) is 3.15. The normalized spacial score (nSPS) is 12.5. The van der Waals surface area contributed by atoms with Gasteiger partial charge in [-0.05, 0) is 13.8 Å². The fourth-order valence-corrected chi connectivity index (χ4v) is 2.66. The molecule has 3 aromatic rings. The Morgan fingerprint density at radius 3 is 2.67 bits per heavy atom. The summed E-state index contributed by atoms with van der Waals surface area (Å²) in [6.07, 6.45) is 0. The molecular weight excluding hydrogens is 286 g/mol. The monoisotopic (exact) mass is 301 g/mol. The summed E-state index contributed by atoms with van der Waals surface area (Å²) < 4.78 is 10.5. The smallest absolute Gasteiger partial charge is 0.239 e. The van der Waals surface area contributed by atoms with E-state index in [9.17, 15) is 0 Å². The molecule has 0 saturated heterocycles. The second-order valence-corrected chi connectivity index (χ2v) is 6.04. The molecule has 0 radical (unpaired) electrons. The van der Waals surface area contributed by atoms with Gasteiger partial charge >= 0.3 is 0 Å². The Balaban J connectivity index is 1.65. The molecule has 21 heavy (non-hydrogen) atoms. The molecule has 2 aromatic heterocycles. The molecule has 0 spiro atoms. The molecule has 0 aliphatic heterocycles. The predicted octanol–water partition coefficient (Wildman–Crippen LogP) is 4.03. The van der Waals surface area contributed by atoms with Crippen LogP contribution in [0, 0.1) is 6.92 Å². The Labute approximate surface area is 126 Å². The van der Waals surface area contributed by atoms with Gasteiger partial charge in [-0.1, -0.05) is 40.6 Å². The third-order valence-corrected chi connectivity index (χ3v) is 4.13. The van der Waals surface area contributed by atoms with Crippen molar-refractivity contribution in [1.82, 2.24) is 15.3 Å². The number of thioether (sulfide) groups is 1. The minimum Gasteiger partial charge on any atom is -0.360 e. The van der Waals surface area contributed by atoms with Crippen LogP contribution in [0.1, 0.15) is 29.5 Å². The fourth-order valence-electron chi connectivity index (χ4n) is 1.87. The van der Waals surface area contributed by atoms with Crippen molar-refractivity contribution in [3.8, 4) is 11.4 Å². The number of benzene rings is 1. The Morgan fingerprint density at radius 1 is 1.14 bits per heavy atom. The van der Waals surface area contributed by atoms with E-state index < -0.39 is 0 Å². The zero-order chi connectivity index (χ0) is 14.7. The first-order valence-corrected chi connectivity index (χ1v) is 7.70.